The van der Waals surface area contributed by atoms with Crippen molar-refractivity contribution < 1.29 is 8.78 Å². The summed E-state index contributed by atoms with van der Waals surface area (Å²) in [5.41, 5.74) is 0.910. The van der Waals surface area contributed by atoms with Gasteiger partial charge in [-0.15, -0.1) is 0 Å². The third-order valence-corrected chi connectivity index (χ3v) is 2.59. The third kappa shape index (κ3) is 1.88. The molecule has 0 N–H and O–H groups in total. The molecule has 0 atom stereocenters. The molecular formula is C11H7ClF2N2. The first-order valence-electron chi connectivity index (χ1n) is 4.52. The van der Waals surface area contributed by atoms with Crippen molar-refractivity contribution in [1.29, 1.82) is 0 Å². The fourth-order valence-electron chi connectivity index (χ4n) is 1.38. The number of nitrogens with zero attached hydrogens (tertiary/aromatic N) is 2. The van der Waals surface area contributed by atoms with Gasteiger partial charge in [0.1, 0.15) is 23.1 Å². The van der Waals surface area contributed by atoms with Crippen LogP contribution in [0.3, 0.4) is 0 Å². The van der Waals surface area contributed by atoms with E-state index in [-0.39, 0.29) is 10.7 Å². The van der Waals surface area contributed by atoms with Crippen LogP contribution in [0.5, 0.6) is 0 Å². The first-order valence-corrected chi connectivity index (χ1v) is 4.90. The molecule has 2 nitrogen and oxygen atoms in total. The van der Waals surface area contributed by atoms with E-state index in [1.54, 1.807) is 6.92 Å². The summed E-state index contributed by atoms with van der Waals surface area (Å²) in [5.74, 6) is -1.06. The van der Waals surface area contributed by atoms with Crippen LogP contribution in [-0.4, -0.2) is 9.97 Å². The van der Waals surface area contributed by atoms with E-state index in [4.69, 9.17) is 11.6 Å². The van der Waals surface area contributed by atoms with Gasteiger partial charge in [-0.05, 0) is 25.1 Å². The van der Waals surface area contributed by atoms with Gasteiger partial charge in [0.2, 0.25) is 0 Å². The molecule has 1 aromatic heterocycles. The Kier molecular flexibility index (Phi) is 2.83. The van der Waals surface area contributed by atoms with E-state index in [9.17, 15) is 8.78 Å². The fourth-order valence-corrected chi connectivity index (χ4v) is 1.51. The van der Waals surface area contributed by atoms with Crippen molar-refractivity contribution in [3.8, 4) is 11.3 Å². The number of rotatable bonds is 1. The Hall–Kier alpha value is -1.55. The highest BCUT2D eigenvalue weighted by molar-refractivity contribution is 6.30. The standard InChI is InChI=1S/C11H7ClF2N2/c1-6-10(15-5-16-11(6)12)8-4-7(13)2-3-9(8)14/h2-5H,1H3. The molecule has 0 aliphatic heterocycles. The summed E-state index contributed by atoms with van der Waals surface area (Å²) in [5, 5.41) is 0.230. The Balaban J connectivity index is 2.67. The van der Waals surface area contributed by atoms with Crippen LogP contribution in [-0.2, 0) is 0 Å². The molecule has 0 radical (unpaired) electrons. The number of hydrogen-bond donors (Lipinski definition) is 0. The van der Waals surface area contributed by atoms with Crippen LogP contribution < -0.4 is 0 Å². The lowest BCUT2D eigenvalue weighted by Gasteiger charge is -2.06. The summed E-state index contributed by atoms with van der Waals surface area (Å²) >= 11 is 5.79. The highest BCUT2D eigenvalue weighted by Gasteiger charge is 2.12. The maximum absolute atomic E-state index is 13.5. The van der Waals surface area contributed by atoms with Crippen molar-refractivity contribution in [2.45, 2.75) is 6.92 Å². The van der Waals surface area contributed by atoms with Gasteiger partial charge in [0.15, 0.2) is 0 Å². The molecule has 0 saturated carbocycles. The summed E-state index contributed by atoms with van der Waals surface area (Å²) in [4.78, 5) is 7.66. The number of benzene rings is 1. The van der Waals surface area contributed by atoms with Gasteiger partial charge in [0.25, 0.3) is 0 Å². The van der Waals surface area contributed by atoms with Crippen LogP contribution in [0.2, 0.25) is 5.15 Å². The molecule has 2 rings (SSSR count). The normalized spacial score (nSPS) is 10.5. The average Bonchev–Trinajstić information content (AvgIpc) is 2.26. The van der Waals surface area contributed by atoms with E-state index in [0.29, 0.717) is 11.3 Å². The lowest BCUT2D eigenvalue weighted by atomic mass is 10.1. The van der Waals surface area contributed by atoms with Gasteiger partial charge in [0, 0.05) is 11.1 Å². The molecule has 0 aliphatic rings. The van der Waals surface area contributed by atoms with Crippen LogP contribution in [0.25, 0.3) is 11.3 Å². The smallest absolute Gasteiger partial charge is 0.135 e. The van der Waals surface area contributed by atoms with E-state index >= 15 is 0 Å². The predicted molar refractivity (Wildman–Crippen MR) is 57.1 cm³/mol. The quantitative estimate of drug-likeness (QED) is 0.714. The Labute approximate surface area is 95.9 Å². The van der Waals surface area contributed by atoms with Crippen molar-refractivity contribution in [2.24, 2.45) is 0 Å². The van der Waals surface area contributed by atoms with Gasteiger partial charge in [-0.25, -0.2) is 18.7 Å². The molecule has 0 bridgehead atoms. The second-order valence-electron chi connectivity index (χ2n) is 3.26. The van der Waals surface area contributed by atoms with E-state index in [1.807, 2.05) is 0 Å². The predicted octanol–water partition coefficient (Wildman–Crippen LogP) is 3.38. The SMILES string of the molecule is Cc1c(Cl)ncnc1-c1cc(F)ccc1F. The van der Waals surface area contributed by atoms with E-state index in [2.05, 4.69) is 9.97 Å². The average molecular weight is 241 g/mol. The van der Waals surface area contributed by atoms with Crippen molar-refractivity contribution in [3.63, 3.8) is 0 Å². The molecule has 5 heteroatoms. The maximum Gasteiger partial charge on any atom is 0.135 e. The number of halogens is 3. The van der Waals surface area contributed by atoms with E-state index < -0.39 is 11.6 Å². The fraction of sp³-hybridized carbons (Fsp3) is 0.0909. The Morgan fingerprint density at radius 2 is 1.94 bits per heavy atom. The minimum absolute atomic E-state index is 0.0850. The zero-order chi connectivity index (χ0) is 11.7. The minimum atomic E-state index is -0.542. The largest absolute Gasteiger partial charge is 0.236 e. The first-order chi connectivity index (χ1) is 7.59. The third-order valence-electron chi connectivity index (χ3n) is 2.21. The Bertz CT molecular complexity index is 544. The van der Waals surface area contributed by atoms with Crippen molar-refractivity contribution in [3.05, 3.63) is 46.9 Å². The second-order valence-corrected chi connectivity index (χ2v) is 3.62. The van der Waals surface area contributed by atoms with Gasteiger partial charge >= 0.3 is 0 Å². The maximum atomic E-state index is 13.5. The van der Waals surface area contributed by atoms with Gasteiger partial charge in [-0.2, -0.15) is 0 Å². The minimum Gasteiger partial charge on any atom is -0.236 e. The lowest BCUT2D eigenvalue weighted by Crippen LogP contribution is -1.95. The molecule has 82 valence electrons. The first kappa shape index (κ1) is 11.0. The monoisotopic (exact) mass is 240 g/mol. The Morgan fingerprint density at radius 1 is 1.19 bits per heavy atom. The molecule has 0 saturated heterocycles. The van der Waals surface area contributed by atoms with Gasteiger partial charge in [0.05, 0.1) is 5.69 Å². The summed E-state index contributed by atoms with van der Waals surface area (Å²) < 4.78 is 26.5. The molecular weight excluding hydrogens is 234 g/mol. The molecule has 0 fully saturated rings. The summed E-state index contributed by atoms with van der Waals surface area (Å²) in [6.07, 6.45) is 1.22. The molecule has 0 aliphatic carbocycles. The van der Waals surface area contributed by atoms with Gasteiger partial charge in [-0.3, -0.25) is 0 Å². The van der Waals surface area contributed by atoms with E-state index in [1.165, 1.54) is 6.33 Å². The summed E-state index contributed by atoms with van der Waals surface area (Å²) in [6.45, 7) is 1.65. The van der Waals surface area contributed by atoms with Crippen LogP contribution in [0, 0.1) is 18.6 Å². The molecule has 16 heavy (non-hydrogen) atoms. The zero-order valence-corrected chi connectivity index (χ0v) is 9.09. The highest BCUT2D eigenvalue weighted by Crippen LogP contribution is 2.27. The van der Waals surface area contributed by atoms with Crippen molar-refractivity contribution in [2.75, 3.05) is 0 Å². The molecule has 1 aromatic carbocycles. The number of hydrogen-bond acceptors (Lipinski definition) is 2. The lowest BCUT2D eigenvalue weighted by molar-refractivity contribution is 0.602. The Morgan fingerprint density at radius 3 is 2.69 bits per heavy atom. The van der Waals surface area contributed by atoms with Crippen molar-refractivity contribution >= 4 is 11.6 Å². The molecule has 2 aromatic rings. The summed E-state index contributed by atoms with van der Waals surface area (Å²) in [7, 11) is 0. The van der Waals surface area contributed by atoms with Gasteiger partial charge < -0.3 is 0 Å². The second kappa shape index (κ2) is 4.14. The van der Waals surface area contributed by atoms with Crippen LogP contribution in [0.15, 0.2) is 24.5 Å². The van der Waals surface area contributed by atoms with Crippen molar-refractivity contribution in [1.82, 2.24) is 9.97 Å². The van der Waals surface area contributed by atoms with E-state index in [0.717, 1.165) is 18.2 Å². The van der Waals surface area contributed by atoms with Crippen LogP contribution in [0.1, 0.15) is 5.56 Å². The molecule has 0 amide bonds. The topological polar surface area (TPSA) is 25.8 Å². The molecule has 1 heterocycles. The molecule has 0 spiro atoms. The zero-order valence-electron chi connectivity index (χ0n) is 8.34. The highest BCUT2D eigenvalue weighted by atomic mass is 35.5. The summed E-state index contributed by atoms with van der Waals surface area (Å²) in [6, 6.07) is 3.19. The van der Waals surface area contributed by atoms with Gasteiger partial charge in [-0.1, -0.05) is 11.6 Å². The number of aromatic nitrogens is 2. The molecule has 0 unspecified atom stereocenters. The van der Waals surface area contributed by atoms with Crippen LogP contribution >= 0.6 is 11.6 Å². The van der Waals surface area contributed by atoms with Crippen LogP contribution in [0.4, 0.5) is 8.78 Å².